The van der Waals surface area contributed by atoms with Gasteiger partial charge in [0, 0.05) is 26.2 Å². The Labute approximate surface area is 121 Å². The van der Waals surface area contributed by atoms with Gasteiger partial charge in [-0.2, -0.15) is 0 Å². The molecule has 0 saturated heterocycles. The highest BCUT2D eigenvalue weighted by atomic mass is 16.4. The number of carboxylic acids is 1. The Morgan fingerprint density at radius 1 is 1.25 bits per heavy atom. The number of carboxylic acid groups (broad SMARTS) is 1. The van der Waals surface area contributed by atoms with Crippen molar-refractivity contribution >= 4 is 12.0 Å². The Morgan fingerprint density at radius 3 is 2.35 bits per heavy atom. The number of aliphatic carboxylic acids is 1. The predicted molar refractivity (Wildman–Crippen MR) is 78.7 cm³/mol. The van der Waals surface area contributed by atoms with E-state index in [1.807, 2.05) is 14.0 Å². The van der Waals surface area contributed by atoms with E-state index in [-0.39, 0.29) is 18.5 Å². The normalized spacial score (nSPS) is 17.6. The smallest absolute Gasteiger partial charge is 0.319 e. The van der Waals surface area contributed by atoms with Gasteiger partial charge in [0.15, 0.2) is 0 Å². The summed E-state index contributed by atoms with van der Waals surface area (Å²) in [5.74, 6) is -0.259. The molecule has 0 radical (unpaired) electrons. The lowest BCUT2D eigenvalue weighted by Crippen LogP contribution is -2.47. The van der Waals surface area contributed by atoms with Crippen molar-refractivity contribution in [1.82, 2.24) is 9.80 Å². The molecule has 5 heteroatoms. The van der Waals surface area contributed by atoms with Gasteiger partial charge in [0.25, 0.3) is 0 Å². The average molecular weight is 284 g/mol. The fourth-order valence-electron chi connectivity index (χ4n) is 3.05. The van der Waals surface area contributed by atoms with Gasteiger partial charge in [-0.25, -0.2) is 4.79 Å². The van der Waals surface area contributed by atoms with E-state index in [4.69, 9.17) is 5.11 Å². The van der Waals surface area contributed by atoms with Crippen molar-refractivity contribution in [2.24, 2.45) is 5.92 Å². The molecule has 0 heterocycles. The molecule has 0 spiro atoms. The number of amides is 2. The largest absolute Gasteiger partial charge is 0.481 e. The molecule has 2 amide bonds. The zero-order chi connectivity index (χ0) is 15.1. The number of carbonyl (C=O) groups is 2. The quantitative estimate of drug-likeness (QED) is 0.816. The second-order valence-electron chi connectivity index (χ2n) is 5.90. The molecule has 0 bridgehead atoms. The average Bonchev–Trinajstić information content (AvgIpc) is 2.39. The van der Waals surface area contributed by atoms with Crippen molar-refractivity contribution in [1.29, 1.82) is 0 Å². The van der Waals surface area contributed by atoms with Gasteiger partial charge >= 0.3 is 12.0 Å². The Balaban J connectivity index is 2.53. The first-order valence-corrected chi connectivity index (χ1v) is 7.69. The van der Waals surface area contributed by atoms with Crippen LogP contribution in [-0.4, -0.2) is 53.1 Å². The third-order valence-corrected chi connectivity index (χ3v) is 4.17. The SMILES string of the molecule is CCN(C(=O)N(C)CC1CCCCC1)C(C)CC(=O)O. The van der Waals surface area contributed by atoms with Crippen molar-refractivity contribution in [2.45, 2.75) is 58.4 Å². The molecule has 20 heavy (non-hydrogen) atoms. The monoisotopic (exact) mass is 284 g/mol. The fraction of sp³-hybridized carbons (Fsp3) is 0.867. The zero-order valence-electron chi connectivity index (χ0n) is 13.0. The summed E-state index contributed by atoms with van der Waals surface area (Å²) in [6.07, 6.45) is 6.24. The van der Waals surface area contributed by atoms with Crippen LogP contribution in [0.4, 0.5) is 4.79 Å². The van der Waals surface area contributed by atoms with E-state index in [1.165, 1.54) is 32.1 Å². The molecule has 0 aromatic carbocycles. The summed E-state index contributed by atoms with van der Waals surface area (Å²) in [5, 5.41) is 8.86. The summed E-state index contributed by atoms with van der Waals surface area (Å²) in [6.45, 7) is 5.02. The van der Waals surface area contributed by atoms with Crippen molar-refractivity contribution in [3.05, 3.63) is 0 Å². The number of rotatable bonds is 6. The summed E-state index contributed by atoms with van der Waals surface area (Å²) in [5.41, 5.74) is 0. The van der Waals surface area contributed by atoms with E-state index in [0.29, 0.717) is 12.5 Å². The lowest BCUT2D eigenvalue weighted by molar-refractivity contribution is -0.138. The van der Waals surface area contributed by atoms with Crippen LogP contribution < -0.4 is 0 Å². The molecular formula is C15H28N2O3. The summed E-state index contributed by atoms with van der Waals surface area (Å²) in [6, 6.07) is -0.314. The molecule has 1 unspecified atom stereocenters. The minimum Gasteiger partial charge on any atom is -0.481 e. The third-order valence-electron chi connectivity index (χ3n) is 4.17. The lowest BCUT2D eigenvalue weighted by Gasteiger charge is -2.34. The number of urea groups is 1. The fourth-order valence-corrected chi connectivity index (χ4v) is 3.05. The summed E-state index contributed by atoms with van der Waals surface area (Å²) >= 11 is 0. The molecule has 1 atom stereocenters. The second-order valence-corrected chi connectivity index (χ2v) is 5.90. The molecule has 1 saturated carbocycles. The topological polar surface area (TPSA) is 60.9 Å². The molecule has 1 N–H and O–H groups in total. The molecule has 0 aromatic rings. The molecule has 0 aromatic heterocycles. The lowest BCUT2D eigenvalue weighted by atomic mass is 9.89. The van der Waals surface area contributed by atoms with Gasteiger partial charge in [-0.3, -0.25) is 4.79 Å². The van der Waals surface area contributed by atoms with Crippen molar-refractivity contribution in [3.8, 4) is 0 Å². The Morgan fingerprint density at radius 2 is 1.85 bits per heavy atom. The zero-order valence-corrected chi connectivity index (χ0v) is 13.0. The predicted octanol–water partition coefficient (Wildman–Crippen LogP) is 2.80. The standard InChI is InChI=1S/C15H28N2O3/c1-4-17(12(2)10-14(18)19)15(20)16(3)11-13-8-6-5-7-9-13/h12-13H,4-11H2,1-3H3,(H,18,19). The van der Waals surface area contributed by atoms with E-state index in [2.05, 4.69) is 0 Å². The highest BCUT2D eigenvalue weighted by Crippen LogP contribution is 2.24. The van der Waals surface area contributed by atoms with Gasteiger partial charge in [-0.05, 0) is 32.6 Å². The van der Waals surface area contributed by atoms with E-state index >= 15 is 0 Å². The molecule has 1 rings (SSSR count). The van der Waals surface area contributed by atoms with E-state index in [1.54, 1.807) is 16.7 Å². The summed E-state index contributed by atoms with van der Waals surface area (Å²) in [4.78, 5) is 26.6. The van der Waals surface area contributed by atoms with E-state index in [9.17, 15) is 9.59 Å². The summed E-state index contributed by atoms with van der Waals surface area (Å²) in [7, 11) is 1.83. The number of carbonyl (C=O) groups excluding carboxylic acids is 1. The Hall–Kier alpha value is -1.26. The van der Waals surface area contributed by atoms with E-state index in [0.717, 1.165) is 6.54 Å². The molecule has 1 fully saturated rings. The Kier molecular flexibility index (Phi) is 6.82. The highest BCUT2D eigenvalue weighted by Gasteiger charge is 2.25. The van der Waals surface area contributed by atoms with Crippen molar-refractivity contribution in [2.75, 3.05) is 20.1 Å². The minimum atomic E-state index is -0.862. The van der Waals surface area contributed by atoms with Gasteiger partial charge in [0.1, 0.15) is 0 Å². The first-order chi connectivity index (χ1) is 9.45. The minimum absolute atomic E-state index is 0.00313. The van der Waals surface area contributed by atoms with Gasteiger partial charge in [-0.15, -0.1) is 0 Å². The second kappa shape index (κ2) is 8.12. The third kappa shape index (κ3) is 5.02. The Bertz CT molecular complexity index is 327. The molecule has 116 valence electrons. The van der Waals surface area contributed by atoms with Crippen LogP contribution in [0.1, 0.15) is 52.4 Å². The van der Waals surface area contributed by atoms with Crippen LogP contribution in [0.5, 0.6) is 0 Å². The van der Waals surface area contributed by atoms with Gasteiger partial charge in [-0.1, -0.05) is 19.3 Å². The van der Waals surface area contributed by atoms with Gasteiger partial charge in [0.2, 0.25) is 0 Å². The maximum absolute atomic E-state index is 12.4. The van der Waals surface area contributed by atoms with Crippen LogP contribution >= 0.6 is 0 Å². The van der Waals surface area contributed by atoms with Crippen LogP contribution in [0.3, 0.4) is 0 Å². The number of nitrogens with zero attached hydrogens (tertiary/aromatic N) is 2. The molecule has 1 aliphatic rings. The number of hydrogen-bond donors (Lipinski definition) is 1. The van der Waals surface area contributed by atoms with Gasteiger partial charge in [0.05, 0.1) is 6.42 Å². The maximum Gasteiger partial charge on any atom is 0.319 e. The van der Waals surface area contributed by atoms with Crippen LogP contribution in [0, 0.1) is 5.92 Å². The molecule has 5 nitrogen and oxygen atoms in total. The van der Waals surface area contributed by atoms with Crippen LogP contribution in [-0.2, 0) is 4.79 Å². The van der Waals surface area contributed by atoms with Crippen LogP contribution in [0.2, 0.25) is 0 Å². The van der Waals surface area contributed by atoms with Crippen molar-refractivity contribution < 1.29 is 14.7 Å². The molecule has 1 aliphatic carbocycles. The van der Waals surface area contributed by atoms with E-state index < -0.39 is 5.97 Å². The van der Waals surface area contributed by atoms with Crippen molar-refractivity contribution in [3.63, 3.8) is 0 Å². The van der Waals surface area contributed by atoms with Crippen LogP contribution in [0.15, 0.2) is 0 Å². The maximum atomic E-state index is 12.4. The molecule has 0 aliphatic heterocycles. The van der Waals surface area contributed by atoms with Crippen LogP contribution in [0.25, 0.3) is 0 Å². The molecular weight excluding hydrogens is 256 g/mol. The first kappa shape index (κ1) is 16.8. The highest BCUT2D eigenvalue weighted by molar-refractivity contribution is 5.75. The number of hydrogen-bond acceptors (Lipinski definition) is 2. The van der Waals surface area contributed by atoms with Gasteiger partial charge < -0.3 is 14.9 Å². The first-order valence-electron chi connectivity index (χ1n) is 7.69. The summed E-state index contributed by atoms with van der Waals surface area (Å²) < 4.78 is 0.